The van der Waals surface area contributed by atoms with E-state index >= 15 is 0 Å². The number of hydrogen-bond acceptors (Lipinski definition) is 2. The van der Waals surface area contributed by atoms with E-state index in [4.69, 9.17) is 4.74 Å². The predicted molar refractivity (Wildman–Crippen MR) is 112 cm³/mol. The van der Waals surface area contributed by atoms with Gasteiger partial charge in [0.2, 0.25) is 0 Å². The Bertz CT molecular complexity index is 504. The lowest BCUT2D eigenvalue weighted by Crippen LogP contribution is -2.42. The number of carbonyl (C=O) groups is 1. The van der Waals surface area contributed by atoms with Gasteiger partial charge in [0.1, 0.15) is 5.75 Å². The van der Waals surface area contributed by atoms with Crippen LogP contribution in [0.4, 0.5) is 4.79 Å². The Morgan fingerprint density at radius 1 is 0.926 bits per heavy atom. The van der Waals surface area contributed by atoms with Crippen molar-refractivity contribution in [1.29, 1.82) is 0 Å². The molecule has 1 saturated carbocycles. The number of rotatable bonds is 6. The minimum Gasteiger partial charge on any atom is -0.494 e. The van der Waals surface area contributed by atoms with Crippen LogP contribution >= 0.6 is 0 Å². The number of aryl methyl sites for hydroxylation is 1. The van der Waals surface area contributed by atoms with Gasteiger partial charge in [-0.1, -0.05) is 75.5 Å². The summed E-state index contributed by atoms with van der Waals surface area (Å²) >= 11 is 0. The molecule has 0 aromatic heterocycles. The summed E-state index contributed by atoms with van der Waals surface area (Å²) in [6.45, 7) is 3.33. The van der Waals surface area contributed by atoms with Crippen LogP contribution in [-0.4, -0.2) is 25.2 Å². The van der Waals surface area contributed by atoms with Gasteiger partial charge in [-0.15, -0.1) is 0 Å². The number of urea groups is 1. The molecule has 1 aromatic rings. The van der Waals surface area contributed by atoms with E-state index in [0.29, 0.717) is 19.2 Å². The number of carbonyl (C=O) groups excluding carboxylic acids is 1. The molecule has 2 rings (SSSR count). The van der Waals surface area contributed by atoms with Crippen LogP contribution in [0, 0.1) is 6.92 Å². The third-order valence-corrected chi connectivity index (χ3v) is 5.34. The number of amides is 2. The standard InChI is InChI=1S/C23H38N2O2/c1-20-14-16-22(17-15-20)27-19-11-18-24-23(26)25-21-12-9-7-5-3-2-4-6-8-10-13-21/h14-17,21H,2-13,18-19H2,1H3,(H2,24,25,26). The van der Waals surface area contributed by atoms with Crippen LogP contribution < -0.4 is 15.4 Å². The molecule has 2 amide bonds. The Kier molecular flexibility index (Phi) is 10.8. The molecular formula is C23H38N2O2. The van der Waals surface area contributed by atoms with Gasteiger partial charge in [0.25, 0.3) is 0 Å². The minimum absolute atomic E-state index is 0.0255. The zero-order valence-electron chi connectivity index (χ0n) is 17.1. The summed E-state index contributed by atoms with van der Waals surface area (Å²) in [5.41, 5.74) is 1.23. The van der Waals surface area contributed by atoms with E-state index in [9.17, 15) is 4.79 Å². The van der Waals surface area contributed by atoms with Crippen molar-refractivity contribution in [2.45, 2.75) is 90.0 Å². The van der Waals surface area contributed by atoms with Crippen molar-refractivity contribution < 1.29 is 9.53 Å². The van der Waals surface area contributed by atoms with E-state index in [1.54, 1.807) is 0 Å². The second kappa shape index (κ2) is 13.5. The van der Waals surface area contributed by atoms with Crippen molar-refractivity contribution in [1.82, 2.24) is 10.6 Å². The largest absolute Gasteiger partial charge is 0.494 e. The first-order valence-corrected chi connectivity index (χ1v) is 11.0. The maximum atomic E-state index is 12.2. The van der Waals surface area contributed by atoms with E-state index in [0.717, 1.165) is 25.0 Å². The zero-order valence-corrected chi connectivity index (χ0v) is 17.1. The Labute approximate surface area is 165 Å². The highest BCUT2D eigenvalue weighted by Gasteiger charge is 2.12. The van der Waals surface area contributed by atoms with Crippen LogP contribution in [0.25, 0.3) is 0 Å². The van der Waals surface area contributed by atoms with Gasteiger partial charge >= 0.3 is 6.03 Å². The highest BCUT2D eigenvalue weighted by Crippen LogP contribution is 2.17. The maximum Gasteiger partial charge on any atom is 0.315 e. The average Bonchev–Trinajstić information content (AvgIpc) is 2.65. The summed E-state index contributed by atoms with van der Waals surface area (Å²) < 4.78 is 5.70. The predicted octanol–water partition coefficient (Wildman–Crippen LogP) is 5.74. The molecule has 4 heteroatoms. The molecule has 1 aliphatic rings. The Hall–Kier alpha value is -1.71. The fourth-order valence-electron chi connectivity index (χ4n) is 3.64. The molecule has 1 aromatic carbocycles. The smallest absolute Gasteiger partial charge is 0.315 e. The summed E-state index contributed by atoms with van der Waals surface area (Å²) in [6.07, 6.45) is 15.0. The number of hydrogen-bond donors (Lipinski definition) is 2. The van der Waals surface area contributed by atoms with Gasteiger partial charge in [-0.25, -0.2) is 4.79 Å². The van der Waals surface area contributed by atoms with E-state index in [1.807, 2.05) is 24.3 Å². The molecule has 0 saturated heterocycles. The molecule has 0 aliphatic heterocycles. The summed E-state index contributed by atoms with van der Waals surface area (Å²) in [4.78, 5) is 12.2. The van der Waals surface area contributed by atoms with Crippen molar-refractivity contribution in [2.24, 2.45) is 0 Å². The summed E-state index contributed by atoms with van der Waals surface area (Å²) in [5.74, 6) is 0.887. The fourth-order valence-corrected chi connectivity index (χ4v) is 3.64. The average molecular weight is 375 g/mol. The number of benzene rings is 1. The molecule has 0 heterocycles. The van der Waals surface area contributed by atoms with Gasteiger partial charge in [-0.3, -0.25) is 0 Å². The first kappa shape index (κ1) is 21.6. The quantitative estimate of drug-likeness (QED) is 0.624. The number of ether oxygens (including phenoxy) is 1. The molecule has 1 aliphatic carbocycles. The van der Waals surface area contributed by atoms with Crippen LogP contribution in [-0.2, 0) is 0 Å². The Balaban J connectivity index is 1.58. The van der Waals surface area contributed by atoms with E-state index in [2.05, 4.69) is 17.6 Å². The molecule has 1 fully saturated rings. The lowest BCUT2D eigenvalue weighted by molar-refractivity contribution is 0.233. The van der Waals surface area contributed by atoms with Crippen molar-refractivity contribution in [3.8, 4) is 5.75 Å². The molecule has 0 spiro atoms. The highest BCUT2D eigenvalue weighted by atomic mass is 16.5. The van der Waals surface area contributed by atoms with E-state index in [-0.39, 0.29) is 6.03 Å². The normalized spacial score (nSPS) is 17.4. The molecule has 0 atom stereocenters. The molecule has 152 valence electrons. The van der Waals surface area contributed by atoms with Crippen LogP contribution in [0.3, 0.4) is 0 Å². The second-order valence-electron chi connectivity index (χ2n) is 7.87. The SMILES string of the molecule is Cc1ccc(OCCCNC(=O)NC2CCCCCCCCCCC2)cc1. The van der Waals surface area contributed by atoms with Crippen molar-refractivity contribution in [2.75, 3.05) is 13.2 Å². The topological polar surface area (TPSA) is 50.4 Å². The molecule has 27 heavy (non-hydrogen) atoms. The summed E-state index contributed by atoms with van der Waals surface area (Å²) in [6, 6.07) is 8.36. The van der Waals surface area contributed by atoms with Crippen molar-refractivity contribution >= 4 is 6.03 Å². The third kappa shape index (κ3) is 10.3. The first-order valence-electron chi connectivity index (χ1n) is 11.0. The molecule has 0 unspecified atom stereocenters. The second-order valence-corrected chi connectivity index (χ2v) is 7.87. The zero-order chi connectivity index (χ0) is 19.2. The van der Waals surface area contributed by atoms with Gasteiger partial charge in [-0.05, 0) is 38.3 Å². The van der Waals surface area contributed by atoms with Gasteiger partial charge in [0, 0.05) is 12.6 Å². The van der Waals surface area contributed by atoms with Gasteiger partial charge in [-0.2, -0.15) is 0 Å². The molecule has 0 bridgehead atoms. The molecule has 0 radical (unpaired) electrons. The third-order valence-electron chi connectivity index (χ3n) is 5.34. The summed E-state index contributed by atoms with van der Waals surface area (Å²) in [5, 5.41) is 6.18. The number of nitrogens with one attached hydrogen (secondary N) is 2. The summed E-state index contributed by atoms with van der Waals surface area (Å²) in [7, 11) is 0. The maximum absolute atomic E-state index is 12.2. The van der Waals surface area contributed by atoms with E-state index < -0.39 is 0 Å². The highest BCUT2D eigenvalue weighted by molar-refractivity contribution is 5.74. The minimum atomic E-state index is -0.0255. The Morgan fingerprint density at radius 3 is 2.07 bits per heavy atom. The molecule has 2 N–H and O–H groups in total. The fraction of sp³-hybridized carbons (Fsp3) is 0.696. The monoisotopic (exact) mass is 374 g/mol. The van der Waals surface area contributed by atoms with E-state index in [1.165, 1.54) is 63.4 Å². The van der Waals surface area contributed by atoms with Gasteiger partial charge in [0.15, 0.2) is 0 Å². The van der Waals surface area contributed by atoms with Crippen molar-refractivity contribution in [3.05, 3.63) is 29.8 Å². The first-order chi connectivity index (χ1) is 13.2. The van der Waals surface area contributed by atoms with Crippen molar-refractivity contribution in [3.63, 3.8) is 0 Å². The Morgan fingerprint density at radius 2 is 1.48 bits per heavy atom. The van der Waals surface area contributed by atoms with Crippen LogP contribution in [0.2, 0.25) is 0 Å². The lowest BCUT2D eigenvalue weighted by Gasteiger charge is -2.20. The van der Waals surface area contributed by atoms with Crippen LogP contribution in [0.1, 0.15) is 82.6 Å². The molecule has 4 nitrogen and oxygen atoms in total. The van der Waals surface area contributed by atoms with Crippen LogP contribution in [0.5, 0.6) is 5.75 Å². The van der Waals surface area contributed by atoms with Gasteiger partial charge < -0.3 is 15.4 Å². The lowest BCUT2D eigenvalue weighted by atomic mass is 9.98. The van der Waals surface area contributed by atoms with Gasteiger partial charge in [0.05, 0.1) is 6.61 Å². The van der Waals surface area contributed by atoms with Crippen LogP contribution in [0.15, 0.2) is 24.3 Å². The molecular weight excluding hydrogens is 336 g/mol.